The number of cyclic esters (lactones) is 1. The van der Waals surface area contributed by atoms with Gasteiger partial charge in [-0.1, -0.05) is 0 Å². The van der Waals surface area contributed by atoms with Crippen molar-refractivity contribution in [2.45, 2.75) is 50.5 Å². The van der Waals surface area contributed by atoms with Crippen molar-refractivity contribution in [2.75, 3.05) is 19.8 Å². The molecule has 2 unspecified atom stereocenters. The van der Waals surface area contributed by atoms with Gasteiger partial charge in [0.1, 0.15) is 12.7 Å². The molecule has 0 spiro atoms. The van der Waals surface area contributed by atoms with Gasteiger partial charge in [-0.2, -0.15) is 0 Å². The van der Waals surface area contributed by atoms with E-state index < -0.39 is 6.10 Å². The Labute approximate surface area is 105 Å². The van der Waals surface area contributed by atoms with Crippen LogP contribution in [0.3, 0.4) is 0 Å². The number of ether oxygens (including phenoxy) is 5. The minimum absolute atomic E-state index is 0.232. The van der Waals surface area contributed by atoms with E-state index in [-0.39, 0.29) is 31.3 Å². The van der Waals surface area contributed by atoms with E-state index in [9.17, 15) is 4.79 Å². The van der Waals surface area contributed by atoms with E-state index in [2.05, 4.69) is 0 Å². The normalized spacial score (nSPS) is 40.3. The van der Waals surface area contributed by atoms with Gasteiger partial charge in [0, 0.05) is 26.1 Å². The zero-order valence-electron chi connectivity index (χ0n) is 10.2. The van der Waals surface area contributed by atoms with Crippen molar-refractivity contribution >= 4 is 5.97 Å². The van der Waals surface area contributed by atoms with Crippen molar-refractivity contribution in [3.8, 4) is 0 Å². The highest BCUT2D eigenvalue weighted by Gasteiger charge is 2.42. The Bertz CT molecular complexity index is 295. The SMILES string of the molecule is O=C1OC[C@@H](OC2CCCO2)[C@H]1OC1CCCO1. The molecule has 18 heavy (non-hydrogen) atoms. The fourth-order valence-electron chi connectivity index (χ4n) is 2.41. The summed E-state index contributed by atoms with van der Waals surface area (Å²) in [7, 11) is 0. The standard InChI is InChI=1S/C12H18O6/c13-12-11(18-10-4-2-6-15-10)8(7-16-12)17-9-3-1-5-14-9/h8-11H,1-7H2/t8-,9?,10?,11-/m1/s1. The molecule has 102 valence electrons. The first-order chi connectivity index (χ1) is 8.83. The summed E-state index contributed by atoms with van der Waals surface area (Å²) in [6, 6.07) is 0. The van der Waals surface area contributed by atoms with Gasteiger partial charge in [-0.3, -0.25) is 0 Å². The molecule has 0 aromatic rings. The molecule has 0 aromatic carbocycles. The van der Waals surface area contributed by atoms with Crippen LogP contribution < -0.4 is 0 Å². The van der Waals surface area contributed by atoms with Crippen molar-refractivity contribution in [3.63, 3.8) is 0 Å². The largest absolute Gasteiger partial charge is 0.461 e. The lowest BCUT2D eigenvalue weighted by molar-refractivity contribution is -0.204. The van der Waals surface area contributed by atoms with Crippen molar-refractivity contribution in [2.24, 2.45) is 0 Å². The van der Waals surface area contributed by atoms with Crippen LogP contribution in [0.1, 0.15) is 25.7 Å². The maximum Gasteiger partial charge on any atom is 0.338 e. The summed E-state index contributed by atoms with van der Waals surface area (Å²) in [5.74, 6) is -0.367. The van der Waals surface area contributed by atoms with Gasteiger partial charge in [-0.25, -0.2) is 4.79 Å². The Kier molecular flexibility index (Phi) is 3.79. The summed E-state index contributed by atoms with van der Waals surface area (Å²) >= 11 is 0. The molecule has 3 fully saturated rings. The van der Waals surface area contributed by atoms with Gasteiger partial charge in [0.15, 0.2) is 18.7 Å². The number of esters is 1. The van der Waals surface area contributed by atoms with E-state index in [1.54, 1.807) is 0 Å². The lowest BCUT2D eigenvalue weighted by Crippen LogP contribution is -2.38. The average Bonchev–Trinajstić information content (AvgIpc) is 3.08. The van der Waals surface area contributed by atoms with E-state index in [0.717, 1.165) is 25.7 Å². The Morgan fingerprint density at radius 3 is 2.28 bits per heavy atom. The smallest absolute Gasteiger partial charge is 0.338 e. The first-order valence-electron chi connectivity index (χ1n) is 6.54. The number of hydrogen-bond donors (Lipinski definition) is 0. The molecule has 3 saturated heterocycles. The van der Waals surface area contributed by atoms with E-state index in [1.807, 2.05) is 0 Å². The van der Waals surface area contributed by atoms with Gasteiger partial charge in [-0.15, -0.1) is 0 Å². The van der Waals surface area contributed by atoms with E-state index in [1.165, 1.54) is 0 Å². The van der Waals surface area contributed by atoms with Crippen LogP contribution in [0.4, 0.5) is 0 Å². The summed E-state index contributed by atoms with van der Waals surface area (Å²) in [6.07, 6.45) is 2.01. The van der Waals surface area contributed by atoms with E-state index in [0.29, 0.717) is 13.2 Å². The third-order valence-corrected chi connectivity index (χ3v) is 3.36. The van der Waals surface area contributed by atoms with Crippen molar-refractivity contribution < 1.29 is 28.5 Å². The summed E-state index contributed by atoms with van der Waals surface area (Å²) < 4.78 is 27.1. The Morgan fingerprint density at radius 2 is 1.67 bits per heavy atom. The van der Waals surface area contributed by atoms with Crippen molar-refractivity contribution in [1.82, 2.24) is 0 Å². The topological polar surface area (TPSA) is 63.2 Å². The number of rotatable bonds is 4. The van der Waals surface area contributed by atoms with Crippen LogP contribution in [-0.4, -0.2) is 50.6 Å². The highest BCUT2D eigenvalue weighted by molar-refractivity contribution is 5.77. The molecular weight excluding hydrogens is 240 g/mol. The van der Waals surface area contributed by atoms with Gasteiger partial charge in [0.2, 0.25) is 0 Å². The van der Waals surface area contributed by atoms with E-state index in [4.69, 9.17) is 23.7 Å². The number of carbonyl (C=O) groups excluding carboxylic acids is 1. The molecule has 3 rings (SSSR count). The lowest BCUT2D eigenvalue weighted by Gasteiger charge is -2.22. The minimum Gasteiger partial charge on any atom is -0.461 e. The molecule has 4 atom stereocenters. The Balaban J connectivity index is 1.55. The average molecular weight is 258 g/mol. The minimum atomic E-state index is -0.683. The van der Waals surface area contributed by atoms with Crippen LogP contribution in [0, 0.1) is 0 Å². The van der Waals surface area contributed by atoms with Crippen LogP contribution >= 0.6 is 0 Å². The summed E-state index contributed by atoms with van der Waals surface area (Å²) in [4.78, 5) is 11.6. The van der Waals surface area contributed by atoms with Gasteiger partial charge in [0.05, 0.1) is 0 Å². The highest BCUT2D eigenvalue weighted by atomic mass is 16.7. The molecule has 0 aromatic heterocycles. The summed E-state index contributed by atoms with van der Waals surface area (Å²) in [5.41, 5.74) is 0. The second-order valence-corrected chi connectivity index (χ2v) is 4.75. The van der Waals surface area contributed by atoms with Gasteiger partial charge < -0.3 is 23.7 Å². The fourth-order valence-corrected chi connectivity index (χ4v) is 2.41. The molecule has 6 nitrogen and oxygen atoms in total. The molecule has 0 radical (unpaired) electrons. The van der Waals surface area contributed by atoms with Crippen LogP contribution in [0.5, 0.6) is 0 Å². The Hall–Kier alpha value is -0.690. The first kappa shape index (κ1) is 12.3. The van der Waals surface area contributed by atoms with Crippen molar-refractivity contribution in [3.05, 3.63) is 0 Å². The maximum atomic E-state index is 11.6. The second-order valence-electron chi connectivity index (χ2n) is 4.75. The molecule has 3 aliphatic heterocycles. The highest BCUT2D eigenvalue weighted by Crippen LogP contribution is 2.25. The zero-order valence-corrected chi connectivity index (χ0v) is 10.2. The molecule has 0 aliphatic carbocycles. The third kappa shape index (κ3) is 2.66. The Morgan fingerprint density at radius 1 is 1.00 bits per heavy atom. The third-order valence-electron chi connectivity index (χ3n) is 3.36. The fraction of sp³-hybridized carbons (Fsp3) is 0.917. The first-order valence-corrected chi connectivity index (χ1v) is 6.54. The summed E-state index contributed by atoms with van der Waals surface area (Å²) in [5, 5.41) is 0. The summed E-state index contributed by atoms with van der Waals surface area (Å²) in [6.45, 7) is 1.63. The molecule has 0 N–H and O–H groups in total. The molecule has 0 saturated carbocycles. The second kappa shape index (κ2) is 5.52. The van der Waals surface area contributed by atoms with Crippen molar-refractivity contribution in [1.29, 1.82) is 0 Å². The molecule has 3 heterocycles. The predicted octanol–water partition coefficient (Wildman–Crippen LogP) is 0.587. The van der Waals surface area contributed by atoms with Crippen LogP contribution in [0.15, 0.2) is 0 Å². The molecular formula is C12H18O6. The van der Waals surface area contributed by atoms with Crippen LogP contribution in [0.2, 0.25) is 0 Å². The number of hydrogen-bond acceptors (Lipinski definition) is 6. The molecule has 0 bridgehead atoms. The number of carbonyl (C=O) groups is 1. The zero-order chi connectivity index (χ0) is 12.4. The maximum absolute atomic E-state index is 11.6. The van der Waals surface area contributed by atoms with Gasteiger partial charge in [-0.05, 0) is 12.8 Å². The molecule has 6 heteroatoms. The van der Waals surface area contributed by atoms with Crippen LogP contribution in [-0.2, 0) is 28.5 Å². The quantitative estimate of drug-likeness (QED) is 0.688. The van der Waals surface area contributed by atoms with E-state index >= 15 is 0 Å². The predicted molar refractivity (Wildman–Crippen MR) is 58.7 cm³/mol. The van der Waals surface area contributed by atoms with Gasteiger partial charge in [0.25, 0.3) is 0 Å². The van der Waals surface area contributed by atoms with Gasteiger partial charge >= 0.3 is 5.97 Å². The molecule has 0 amide bonds. The monoisotopic (exact) mass is 258 g/mol. The molecule has 3 aliphatic rings. The van der Waals surface area contributed by atoms with Crippen LogP contribution in [0.25, 0.3) is 0 Å². The lowest BCUT2D eigenvalue weighted by atomic mass is 10.2.